The minimum absolute atomic E-state index is 0.264. The minimum atomic E-state index is -0.309. The van der Waals surface area contributed by atoms with Crippen molar-refractivity contribution < 1.29 is 8.81 Å². The van der Waals surface area contributed by atoms with E-state index in [1.165, 1.54) is 12.1 Å². The fourth-order valence-corrected chi connectivity index (χ4v) is 1.69. The van der Waals surface area contributed by atoms with Crippen LogP contribution in [0.2, 0.25) is 0 Å². The van der Waals surface area contributed by atoms with Gasteiger partial charge in [-0.2, -0.15) is 0 Å². The number of anilines is 2. The van der Waals surface area contributed by atoms with Crippen LogP contribution in [0.4, 0.5) is 16.1 Å². The Balaban J connectivity index is 1.97. The van der Waals surface area contributed by atoms with Gasteiger partial charge in [-0.15, -0.1) is 5.10 Å². The number of benzene rings is 1. The smallest absolute Gasteiger partial charge is 0.320 e. The van der Waals surface area contributed by atoms with Crippen LogP contribution in [0.25, 0.3) is 0 Å². The molecular weight excluding hydrogens is 259 g/mol. The van der Waals surface area contributed by atoms with Crippen LogP contribution in [0.5, 0.6) is 0 Å². The van der Waals surface area contributed by atoms with Gasteiger partial charge in [0.2, 0.25) is 5.89 Å². The Labute approximate surface area is 117 Å². The van der Waals surface area contributed by atoms with Crippen LogP contribution in [0.3, 0.4) is 0 Å². The van der Waals surface area contributed by atoms with Crippen molar-refractivity contribution in [3.05, 3.63) is 35.5 Å². The quantitative estimate of drug-likeness (QED) is 0.850. The minimum Gasteiger partial charge on any atom is -0.406 e. The summed E-state index contributed by atoms with van der Waals surface area (Å²) in [4.78, 5) is 0. The third-order valence-electron chi connectivity index (χ3n) is 2.74. The molecule has 0 atom stereocenters. The molecule has 108 valence electrons. The molecule has 0 aliphatic heterocycles. The third kappa shape index (κ3) is 4.03. The lowest BCUT2D eigenvalue weighted by Crippen LogP contribution is -2.19. The number of hydrogen-bond donors (Lipinski definition) is 2. The zero-order valence-electron chi connectivity index (χ0n) is 11.9. The van der Waals surface area contributed by atoms with E-state index in [1.807, 2.05) is 6.92 Å². The molecule has 2 N–H and O–H groups in total. The molecule has 1 heterocycles. The Hall–Kier alpha value is -1.95. The summed E-state index contributed by atoms with van der Waals surface area (Å²) in [5.74, 6) is 0.754. The second-order valence-electron chi connectivity index (χ2n) is 5.11. The molecule has 1 aromatic heterocycles. The Morgan fingerprint density at radius 2 is 2.10 bits per heavy atom. The van der Waals surface area contributed by atoms with Gasteiger partial charge in [0.15, 0.2) is 0 Å². The molecule has 0 amide bonds. The van der Waals surface area contributed by atoms with Crippen LogP contribution in [-0.4, -0.2) is 16.7 Å². The average Bonchev–Trinajstić information content (AvgIpc) is 2.81. The molecule has 0 aliphatic carbocycles. The van der Waals surface area contributed by atoms with Crippen molar-refractivity contribution in [1.29, 1.82) is 0 Å². The van der Waals surface area contributed by atoms with E-state index < -0.39 is 0 Å². The molecular formula is C14H19FN4O. The number of aryl methyl sites for hydroxylation is 1. The molecule has 0 saturated heterocycles. The number of hydrogen-bond acceptors (Lipinski definition) is 5. The molecule has 1 aromatic carbocycles. The molecule has 0 saturated carbocycles. The number of nitrogens with zero attached hydrogens (tertiary/aromatic N) is 2. The monoisotopic (exact) mass is 278 g/mol. The lowest BCUT2D eigenvalue weighted by molar-refractivity contribution is 0.460. The van der Waals surface area contributed by atoms with E-state index in [0.717, 1.165) is 12.1 Å². The normalized spacial score (nSPS) is 11.1. The molecule has 5 nitrogen and oxygen atoms in total. The summed E-state index contributed by atoms with van der Waals surface area (Å²) >= 11 is 0. The summed E-state index contributed by atoms with van der Waals surface area (Å²) in [7, 11) is 0. The number of nitrogens with one attached hydrogen (secondary N) is 2. The Kier molecular flexibility index (Phi) is 4.68. The first kappa shape index (κ1) is 14.5. The zero-order valence-corrected chi connectivity index (χ0v) is 11.9. The van der Waals surface area contributed by atoms with Crippen LogP contribution < -0.4 is 10.6 Å². The first-order chi connectivity index (χ1) is 9.54. The first-order valence-corrected chi connectivity index (χ1v) is 6.61. The standard InChI is InChI=1S/C14H19FN4O/c1-9(2)7-16-8-13-18-19-14(20-13)17-12-6-11(15)5-4-10(12)3/h4-6,9,16H,7-8H2,1-3H3,(H,17,19). The Morgan fingerprint density at radius 1 is 1.30 bits per heavy atom. The highest BCUT2D eigenvalue weighted by atomic mass is 19.1. The van der Waals surface area contributed by atoms with E-state index >= 15 is 0 Å². The van der Waals surface area contributed by atoms with Crippen LogP contribution in [0, 0.1) is 18.7 Å². The Morgan fingerprint density at radius 3 is 2.85 bits per heavy atom. The molecule has 0 unspecified atom stereocenters. The van der Waals surface area contributed by atoms with Crippen LogP contribution >= 0.6 is 0 Å². The van der Waals surface area contributed by atoms with Crippen molar-refractivity contribution in [1.82, 2.24) is 15.5 Å². The summed E-state index contributed by atoms with van der Waals surface area (Å²) < 4.78 is 18.6. The number of aromatic nitrogens is 2. The van der Waals surface area contributed by atoms with Crippen molar-refractivity contribution in [3.8, 4) is 0 Å². The van der Waals surface area contributed by atoms with E-state index in [2.05, 4.69) is 34.7 Å². The van der Waals surface area contributed by atoms with Crippen molar-refractivity contribution >= 4 is 11.7 Å². The van der Waals surface area contributed by atoms with E-state index in [1.54, 1.807) is 6.07 Å². The topological polar surface area (TPSA) is 63.0 Å². The van der Waals surface area contributed by atoms with Gasteiger partial charge >= 0.3 is 6.01 Å². The van der Waals surface area contributed by atoms with E-state index in [0.29, 0.717) is 24.0 Å². The average molecular weight is 278 g/mol. The highest BCUT2D eigenvalue weighted by Gasteiger charge is 2.08. The van der Waals surface area contributed by atoms with Gasteiger partial charge < -0.3 is 15.1 Å². The molecule has 2 rings (SSSR count). The van der Waals surface area contributed by atoms with Crippen LogP contribution in [0.1, 0.15) is 25.3 Å². The van der Waals surface area contributed by atoms with Gasteiger partial charge in [0.05, 0.1) is 6.54 Å². The molecule has 6 heteroatoms. The second kappa shape index (κ2) is 6.47. The molecule has 2 aromatic rings. The molecule has 20 heavy (non-hydrogen) atoms. The highest BCUT2D eigenvalue weighted by molar-refractivity contribution is 5.56. The van der Waals surface area contributed by atoms with Crippen molar-refractivity contribution in [2.45, 2.75) is 27.3 Å². The lowest BCUT2D eigenvalue weighted by Gasteiger charge is -2.05. The van der Waals surface area contributed by atoms with Crippen LogP contribution in [-0.2, 0) is 6.54 Å². The number of rotatable bonds is 6. The summed E-state index contributed by atoms with van der Waals surface area (Å²) in [6.07, 6.45) is 0. The molecule has 0 bridgehead atoms. The second-order valence-corrected chi connectivity index (χ2v) is 5.11. The maximum absolute atomic E-state index is 13.2. The largest absolute Gasteiger partial charge is 0.406 e. The van der Waals surface area contributed by atoms with Crippen molar-refractivity contribution in [2.75, 3.05) is 11.9 Å². The van der Waals surface area contributed by atoms with Gasteiger partial charge in [0.1, 0.15) is 5.82 Å². The SMILES string of the molecule is Cc1ccc(F)cc1Nc1nnc(CNCC(C)C)o1. The fourth-order valence-electron chi connectivity index (χ4n) is 1.69. The van der Waals surface area contributed by atoms with Crippen molar-refractivity contribution in [3.63, 3.8) is 0 Å². The van der Waals surface area contributed by atoms with E-state index in [9.17, 15) is 4.39 Å². The predicted molar refractivity (Wildman–Crippen MR) is 75.3 cm³/mol. The van der Waals surface area contributed by atoms with Gasteiger partial charge in [0.25, 0.3) is 0 Å². The molecule has 0 radical (unpaired) electrons. The summed E-state index contributed by atoms with van der Waals surface area (Å²) in [6.45, 7) is 7.54. The van der Waals surface area contributed by atoms with Crippen molar-refractivity contribution in [2.24, 2.45) is 5.92 Å². The summed E-state index contributed by atoms with van der Waals surface area (Å²) in [5.41, 5.74) is 1.53. The van der Waals surface area contributed by atoms with Crippen LogP contribution in [0.15, 0.2) is 22.6 Å². The van der Waals surface area contributed by atoms with E-state index in [4.69, 9.17) is 4.42 Å². The lowest BCUT2D eigenvalue weighted by atomic mass is 10.2. The van der Waals surface area contributed by atoms with Gasteiger partial charge in [-0.05, 0) is 37.1 Å². The third-order valence-corrected chi connectivity index (χ3v) is 2.74. The zero-order chi connectivity index (χ0) is 14.5. The molecule has 0 aliphatic rings. The fraction of sp³-hybridized carbons (Fsp3) is 0.429. The Bertz CT molecular complexity index is 568. The molecule has 0 spiro atoms. The van der Waals surface area contributed by atoms with Gasteiger partial charge in [-0.25, -0.2) is 4.39 Å². The predicted octanol–water partition coefficient (Wildman–Crippen LogP) is 3.01. The summed E-state index contributed by atoms with van der Waals surface area (Å²) in [5, 5.41) is 14.0. The highest BCUT2D eigenvalue weighted by Crippen LogP contribution is 2.20. The van der Waals surface area contributed by atoms with Gasteiger partial charge in [-0.1, -0.05) is 25.0 Å². The molecule has 0 fully saturated rings. The summed E-state index contributed by atoms with van der Waals surface area (Å²) in [6, 6.07) is 4.77. The van der Waals surface area contributed by atoms with Gasteiger partial charge in [-0.3, -0.25) is 0 Å². The van der Waals surface area contributed by atoms with E-state index in [-0.39, 0.29) is 11.8 Å². The van der Waals surface area contributed by atoms with Gasteiger partial charge in [0, 0.05) is 5.69 Å². The number of halogens is 1. The maximum Gasteiger partial charge on any atom is 0.320 e. The maximum atomic E-state index is 13.2. The first-order valence-electron chi connectivity index (χ1n) is 6.61.